The van der Waals surface area contributed by atoms with E-state index in [9.17, 15) is 5.11 Å². The second kappa shape index (κ2) is 5.75. The van der Waals surface area contributed by atoms with Gasteiger partial charge in [-0.2, -0.15) is 0 Å². The van der Waals surface area contributed by atoms with Crippen LogP contribution in [0.3, 0.4) is 0 Å². The van der Waals surface area contributed by atoms with Crippen molar-refractivity contribution in [3.8, 4) is 0 Å². The Labute approximate surface area is 143 Å². The smallest absolute Gasteiger partial charge is 0.0684 e. The van der Waals surface area contributed by atoms with Crippen LogP contribution in [0.5, 0.6) is 0 Å². The topological polar surface area (TPSA) is 20.2 Å². The zero-order chi connectivity index (χ0) is 16.1. The summed E-state index contributed by atoms with van der Waals surface area (Å²) in [4.78, 5) is 0. The van der Waals surface area contributed by atoms with E-state index in [0.717, 1.165) is 24.7 Å². The van der Waals surface area contributed by atoms with Gasteiger partial charge < -0.3 is 5.11 Å². The quantitative estimate of drug-likeness (QED) is 0.621. The maximum atomic E-state index is 11.4. The minimum atomic E-state index is -0.292. The predicted octanol–water partition coefficient (Wildman–Crippen LogP) is 6.09. The molecule has 0 aromatic carbocycles. The Hall–Kier alpha value is -0.0400. The molecule has 0 saturated heterocycles. The van der Waals surface area contributed by atoms with Crippen LogP contribution < -0.4 is 0 Å². The van der Waals surface area contributed by atoms with Gasteiger partial charge >= 0.3 is 0 Å². The van der Waals surface area contributed by atoms with Gasteiger partial charge in [-0.3, -0.25) is 0 Å². The summed E-state index contributed by atoms with van der Waals surface area (Å²) in [5.41, 5.74) is 0.815. The zero-order valence-electron chi connectivity index (χ0n) is 15.6. The van der Waals surface area contributed by atoms with Gasteiger partial charge in [0.1, 0.15) is 0 Å². The van der Waals surface area contributed by atoms with Crippen molar-refractivity contribution in [2.45, 2.75) is 109 Å². The highest BCUT2D eigenvalue weighted by atomic mass is 16.3. The Morgan fingerprint density at radius 3 is 2.65 bits per heavy atom. The van der Waals surface area contributed by atoms with Gasteiger partial charge in [0.2, 0.25) is 0 Å². The van der Waals surface area contributed by atoms with E-state index in [1.54, 1.807) is 0 Å². The fourth-order valence-electron chi connectivity index (χ4n) is 7.56. The van der Waals surface area contributed by atoms with Gasteiger partial charge in [-0.15, -0.1) is 0 Å². The molecule has 2 bridgehead atoms. The third-order valence-corrected chi connectivity index (χ3v) is 8.73. The molecule has 4 fully saturated rings. The maximum Gasteiger partial charge on any atom is 0.0684 e. The van der Waals surface area contributed by atoms with E-state index in [4.69, 9.17) is 0 Å². The third kappa shape index (κ3) is 2.70. The molecule has 1 N–H and O–H groups in total. The molecule has 23 heavy (non-hydrogen) atoms. The van der Waals surface area contributed by atoms with E-state index < -0.39 is 0 Å². The molecular formula is C22H38O. The van der Waals surface area contributed by atoms with Crippen LogP contribution in [0.2, 0.25) is 0 Å². The first-order chi connectivity index (χ1) is 11.0. The average Bonchev–Trinajstić information content (AvgIpc) is 2.89. The number of hydrogen-bond acceptors (Lipinski definition) is 1. The number of aliphatic hydroxyl groups is 1. The molecule has 0 unspecified atom stereocenters. The molecular weight excluding hydrogens is 280 g/mol. The van der Waals surface area contributed by atoms with Crippen molar-refractivity contribution in [2.75, 3.05) is 0 Å². The second-order valence-corrected chi connectivity index (χ2v) is 10.4. The lowest BCUT2D eigenvalue weighted by atomic mass is 9.47. The van der Waals surface area contributed by atoms with Crippen LogP contribution in [-0.4, -0.2) is 10.7 Å². The molecule has 6 atom stereocenters. The highest BCUT2D eigenvalue weighted by Crippen LogP contribution is 2.70. The molecule has 0 amide bonds. The Morgan fingerprint density at radius 2 is 1.83 bits per heavy atom. The lowest BCUT2D eigenvalue weighted by Gasteiger charge is -2.59. The lowest BCUT2D eigenvalue weighted by Crippen LogP contribution is -2.57. The Bertz CT molecular complexity index is 445. The van der Waals surface area contributed by atoms with Gasteiger partial charge in [0.15, 0.2) is 0 Å². The summed E-state index contributed by atoms with van der Waals surface area (Å²) in [5.74, 6) is 2.53. The van der Waals surface area contributed by atoms with E-state index in [0.29, 0.717) is 16.7 Å². The summed E-state index contributed by atoms with van der Waals surface area (Å²) >= 11 is 0. The summed E-state index contributed by atoms with van der Waals surface area (Å²) in [6.07, 6.45) is 19.2. The molecule has 4 aliphatic carbocycles. The van der Waals surface area contributed by atoms with Crippen molar-refractivity contribution in [1.82, 2.24) is 0 Å². The van der Waals surface area contributed by atoms with E-state index in [1.165, 1.54) is 77.0 Å². The maximum absolute atomic E-state index is 11.4. The average molecular weight is 319 g/mol. The highest BCUT2D eigenvalue weighted by molar-refractivity contribution is 5.14. The molecule has 0 aromatic heterocycles. The first-order valence-electron chi connectivity index (χ1n) is 10.7. The molecule has 0 heterocycles. The van der Waals surface area contributed by atoms with Crippen molar-refractivity contribution in [1.29, 1.82) is 0 Å². The minimum Gasteiger partial charge on any atom is -0.390 e. The Balaban J connectivity index is 1.45. The van der Waals surface area contributed by atoms with Gasteiger partial charge in [0.05, 0.1) is 5.60 Å². The largest absolute Gasteiger partial charge is 0.390 e. The van der Waals surface area contributed by atoms with E-state index in [2.05, 4.69) is 13.8 Å². The van der Waals surface area contributed by atoms with Crippen molar-refractivity contribution in [3.63, 3.8) is 0 Å². The fourth-order valence-corrected chi connectivity index (χ4v) is 7.56. The molecule has 1 nitrogen and oxygen atoms in total. The highest BCUT2D eigenvalue weighted by Gasteiger charge is 2.64. The molecule has 4 aliphatic rings. The van der Waals surface area contributed by atoms with Crippen molar-refractivity contribution in [2.24, 2.45) is 28.6 Å². The van der Waals surface area contributed by atoms with Crippen molar-refractivity contribution < 1.29 is 5.11 Å². The normalized spacial score (nSPS) is 52.0. The summed E-state index contributed by atoms with van der Waals surface area (Å²) in [6, 6.07) is 0. The van der Waals surface area contributed by atoms with Crippen LogP contribution in [-0.2, 0) is 0 Å². The summed E-state index contributed by atoms with van der Waals surface area (Å²) in [5, 5.41) is 11.4. The standard InChI is InChI=1S/C22H38O/c1-3-4-5-7-17-8-13-21(14-17)15-19-18(21)9-12-20(2)10-6-11-22(19,23)16-20/h17-19,23H,3-16H2,1-2H3/t17-,18-,19-,20+,21-,22-/m1/s1. The molecule has 1 spiro atoms. The summed E-state index contributed by atoms with van der Waals surface area (Å²) in [6.45, 7) is 4.79. The molecule has 4 saturated carbocycles. The summed E-state index contributed by atoms with van der Waals surface area (Å²) in [7, 11) is 0. The molecule has 0 aliphatic heterocycles. The first-order valence-corrected chi connectivity index (χ1v) is 10.7. The van der Waals surface area contributed by atoms with E-state index in [-0.39, 0.29) is 5.60 Å². The Kier molecular flexibility index (Phi) is 4.11. The fraction of sp³-hybridized carbons (Fsp3) is 1.00. The molecule has 1 heteroatoms. The molecule has 132 valence electrons. The number of unbranched alkanes of at least 4 members (excludes halogenated alkanes) is 2. The van der Waals surface area contributed by atoms with Crippen LogP contribution in [0.25, 0.3) is 0 Å². The first kappa shape index (κ1) is 16.4. The van der Waals surface area contributed by atoms with Gasteiger partial charge in [-0.05, 0) is 86.4 Å². The number of fused-ring (bicyclic) bond motifs is 5. The van der Waals surface area contributed by atoms with E-state index >= 15 is 0 Å². The predicted molar refractivity (Wildman–Crippen MR) is 96.3 cm³/mol. The van der Waals surface area contributed by atoms with Gasteiger partial charge in [-0.1, -0.05) is 46.0 Å². The van der Waals surface area contributed by atoms with Crippen LogP contribution in [0, 0.1) is 28.6 Å². The Morgan fingerprint density at radius 1 is 0.957 bits per heavy atom. The molecule has 4 rings (SSSR count). The monoisotopic (exact) mass is 318 g/mol. The zero-order valence-corrected chi connectivity index (χ0v) is 15.6. The SMILES string of the molecule is CCCCC[C@@H]1CC[C@@]2(C1)C[C@@H]1[C@H]2CC[C@]2(C)CCC[C@@]1(O)C2. The molecule has 0 aromatic rings. The van der Waals surface area contributed by atoms with Crippen LogP contribution in [0.4, 0.5) is 0 Å². The van der Waals surface area contributed by atoms with Crippen molar-refractivity contribution in [3.05, 3.63) is 0 Å². The minimum absolute atomic E-state index is 0.292. The van der Waals surface area contributed by atoms with Crippen LogP contribution in [0.1, 0.15) is 104 Å². The van der Waals surface area contributed by atoms with Gasteiger partial charge in [0, 0.05) is 0 Å². The van der Waals surface area contributed by atoms with Crippen LogP contribution in [0.15, 0.2) is 0 Å². The number of rotatable bonds is 4. The third-order valence-electron chi connectivity index (χ3n) is 8.73. The number of hydrogen-bond donors (Lipinski definition) is 1. The van der Waals surface area contributed by atoms with E-state index in [1.807, 2.05) is 0 Å². The van der Waals surface area contributed by atoms with Crippen molar-refractivity contribution >= 4 is 0 Å². The second-order valence-electron chi connectivity index (χ2n) is 10.4. The molecule has 0 radical (unpaired) electrons. The van der Waals surface area contributed by atoms with Gasteiger partial charge in [0.25, 0.3) is 0 Å². The lowest BCUT2D eigenvalue weighted by molar-refractivity contribution is -0.171. The van der Waals surface area contributed by atoms with Gasteiger partial charge in [-0.25, -0.2) is 0 Å². The van der Waals surface area contributed by atoms with Crippen LogP contribution >= 0.6 is 0 Å². The summed E-state index contributed by atoms with van der Waals surface area (Å²) < 4.78 is 0.